The zero-order chi connectivity index (χ0) is 28.2. The van der Waals surface area contributed by atoms with Crippen LogP contribution in [0.15, 0.2) is 47.3 Å². The molecule has 2 atom stereocenters. The molecule has 2 heterocycles. The Bertz CT molecular complexity index is 1700. The molecular formula is C31H33NO7. The summed E-state index contributed by atoms with van der Waals surface area (Å²) >= 11 is 0. The number of aryl methyl sites for hydroxylation is 1. The van der Waals surface area contributed by atoms with Crippen molar-refractivity contribution in [2.24, 2.45) is 13.0 Å². The van der Waals surface area contributed by atoms with Gasteiger partial charge in [0.25, 0.3) is 0 Å². The molecule has 1 aliphatic heterocycles. The lowest BCUT2D eigenvalue weighted by atomic mass is 9.86. The first-order valence-corrected chi connectivity index (χ1v) is 13.0. The molecule has 3 aromatic carbocycles. The first-order chi connectivity index (χ1) is 18.4. The van der Waals surface area contributed by atoms with Gasteiger partial charge in [0.1, 0.15) is 17.1 Å². The van der Waals surface area contributed by atoms with E-state index in [0.717, 1.165) is 10.8 Å². The Morgan fingerprint density at radius 3 is 2.46 bits per heavy atom. The fourth-order valence-electron chi connectivity index (χ4n) is 5.63. The van der Waals surface area contributed by atoms with Crippen molar-refractivity contribution >= 4 is 44.5 Å². The summed E-state index contributed by atoms with van der Waals surface area (Å²) in [4.78, 5) is 39.5. The van der Waals surface area contributed by atoms with Crippen molar-refractivity contribution in [3.05, 3.63) is 58.3 Å². The van der Waals surface area contributed by atoms with E-state index in [1.807, 2.05) is 61.9 Å². The lowest BCUT2D eigenvalue weighted by Gasteiger charge is -2.43. The van der Waals surface area contributed by atoms with Gasteiger partial charge < -0.3 is 23.5 Å². The maximum absolute atomic E-state index is 14.2. The maximum Gasteiger partial charge on any atom is 0.306 e. The Morgan fingerprint density at radius 2 is 1.79 bits per heavy atom. The number of hydrogen-bond acceptors (Lipinski definition) is 7. The van der Waals surface area contributed by atoms with Crippen LogP contribution in [0.3, 0.4) is 0 Å². The molecule has 39 heavy (non-hydrogen) atoms. The second kappa shape index (κ2) is 9.59. The molecule has 1 aromatic heterocycles. The smallest absolute Gasteiger partial charge is 0.306 e. The van der Waals surface area contributed by atoms with Gasteiger partial charge in [0.15, 0.2) is 12.2 Å². The number of carbonyl (C=O) groups is 2. The van der Waals surface area contributed by atoms with Crippen LogP contribution in [0, 0.1) is 5.92 Å². The SMILES string of the molecule is COc1cc2c(c3c1c(=O)c1c4ccccc4ccc1n3C)[C@@H](OC(C)=O)[C@@H](OC(=O)CC(C)C)C(C)(C)O2. The molecule has 0 unspecified atom stereocenters. The highest BCUT2D eigenvalue weighted by atomic mass is 16.6. The van der Waals surface area contributed by atoms with Crippen LogP contribution in [-0.2, 0) is 26.1 Å². The highest BCUT2D eigenvalue weighted by molar-refractivity contribution is 6.11. The van der Waals surface area contributed by atoms with E-state index in [9.17, 15) is 14.4 Å². The molecule has 0 aliphatic carbocycles. The van der Waals surface area contributed by atoms with E-state index < -0.39 is 29.7 Å². The quantitative estimate of drug-likeness (QED) is 0.188. The number of aromatic nitrogens is 1. The van der Waals surface area contributed by atoms with E-state index in [-0.39, 0.29) is 17.8 Å². The highest BCUT2D eigenvalue weighted by Crippen LogP contribution is 2.49. The normalized spacial score (nSPS) is 18.2. The molecule has 1 aliphatic rings. The molecule has 0 radical (unpaired) electrons. The minimum atomic E-state index is -1.05. The Labute approximate surface area is 226 Å². The summed E-state index contributed by atoms with van der Waals surface area (Å²) < 4.78 is 25.9. The number of benzene rings is 3. The first-order valence-electron chi connectivity index (χ1n) is 13.0. The fraction of sp³-hybridized carbons (Fsp3) is 0.387. The number of hydrogen-bond donors (Lipinski definition) is 0. The Kier molecular flexibility index (Phi) is 6.53. The summed E-state index contributed by atoms with van der Waals surface area (Å²) in [5.41, 5.74) is 0.376. The lowest BCUT2D eigenvalue weighted by Crippen LogP contribution is -2.52. The third-order valence-electron chi connectivity index (χ3n) is 7.29. The van der Waals surface area contributed by atoms with Crippen molar-refractivity contribution in [3.8, 4) is 11.5 Å². The highest BCUT2D eigenvalue weighted by Gasteiger charge is 2.50. The summed E-state index contributed by atoms with van der Waals surface area (Å²) in [5, 5.41) is 2.66. The van der Waals surface area contributed by atoms with Crippen molar-refractivity contribution in [1.29, 1.82) is 0 Å². The minimum Gasteiger partial charge on any atom is -0.496 e. The molecule has 0 bridgehead atoms. The van der Waals surface area contributed by atoms with Gasteiger partial charge in [-0.05, 0) is 36.6 Å². The number of fused-ring (bicyclic) bond motifs is 6. The van der Waals surface area contributed by atoms with Crippen LogP contribution in [0.25, 0.3) is 32.6 Å². The largest absolute Gasteiger partial charge is 0.496 e. The minimum absolute atomic E-state index is 0.0803. The average molecular weight is 532 g/mol. The molecule has 8 nitrogen and oxygen atoms in total. The van der Waals surface area contributed by atoms with Crippen LogP contribution >= 0.6 is 0 Å². The van der Waals surface area contributed by atoms with Crippen molar-refractivity contribution < 1.29 is 28.5 Å². The van der Waals surface area contributed by atoms with Crippen LogP contribution in [0.4, 0.5) is 0 Å². The number of nitrogens with zero attached hydrogens (tertiary/aromatic N) is 1. The maximum atomic E-state index is 14.2. The number of ether oxygens (including phenoxy) is 4. The van der Waals surface area contributed by atoms with E-state index in [1.54, 1.807) is 19.9 Å². The van der Waals surface area contributed by atoms with Crippen LogP contribution < -0.4 is 14.9 Å². The van der Waals surface area contributed by atoms with Gasteiger partial charge >= 0.3 is 11.9 Å². The van der Waals surface area contributed by atoms with Gasteiger partial charge in [-0.1, -0.05) is 44.2 Å². The fourth-order valence-corrected chi connectivity index (χ4v) is 5.63. The molecule has 8 heteroatoms. The molecular weight excluding hydrogens is 498 g/mol. The molecule has 4 aromatic rings. The van der Waals surface area contributed by atoms with E-state index in [1.165, 1.54) is 14.0 Å². The number of pyridine rings is 1. The summed E-state index contributed by atoms with van der Waals surface area (Å²) in [6.07, 6.45) is -1.78. The van der Waals surface area contributed by atoms with Crippen LogP contribution in [0.2, 0.25) is 0 Å². The van der Waals surface area contributed by atoms with E-state index in [0.29, 0.717) is 38.9 Å². The predicted octanol–water partition coefficient (Wildman–Crippen LogP) is 5.59. The van der Waals surface area contributed by atoms with Crippen LogP contribution in [0.1, 0.15) is 52.7 Å². The number of rotatable bonds is 5. The predicted molar refractivity (Wildman–Crippen MR) is 149 cm³/mol. The molecule has 0 N–H and O–H groups in total. The summed E-state index contributed by atoms with van der Waals surface area (Å²) in [5.74, 6) is -0.157. The van der Waals surface area contributed by atoms with E-state index in [4.69, 9.17) is 18.9 Å². The molecule has 0 spiro atoms. The molecule has 5 rings (SSSR count). The van der Waals surface area contributed by atoms with Gasteiger partial charge in [-0.2, -0.15) is 0 Å². The Balaban J connectivity index is 1.88. The van der Waals surface area contributed by atoms with Gasteiger partial charge in [-0.25, -0.2) is 0 Å². The number of esters is 2. The Morgan fingerprint density at radius 1 is 1.08 bits per heavy atom. The van der Waals surface area contributed by atoms with Gasteiger partial charge in [-0.15, -0.1) is 0 Å². The number of carbonyl (C=O) groups excluding carboxylic acids is 2. The number of methoxy groups -OCH3 is 1. The third-order valence-corrected chi connectivity index (χ3v) is 7.29. The van der Waals surface area contributed by atoms with E-state index in [2.05, 4.69) is 0 Å². The lowest BCUT2D eigenvalue weighted by molar-refractivity contribution is -0.189. The summed E-state index contributed by atoms with van der Waals surface area (Å²) in [6.45, 7) is 8.71. The average Bonchev–Trinajstić information content (AvgIpc) is 2.86. The van der Waals surface area contributed by atoms with Gasteiger partial charge in [0.05, 0.1) is 34.5 Å². The van der Waals surface area contributed by atoms with Gasteiger partial charge in [-0.3, -0.25) is 14.4 Å². The van der Waals surface area contributed by atoms with E-state index >= 15 is 0 Å². The molecule has 0 saturated carbocycles. The van der Waals surface area contributed by atoms with Crippen molar-refractivity contribution in [3.63, 3.8) is 0 Å². The second-order valence-corrected chi connectivity index (χ2v) is 11.0. The van der Waals surface area contributed by atoms with Crippen molar-refractivity contribution in [2.45, 2.75) is 58.8 Å². The topological polar surface area (TPSA) is 93.1 Å². The zero-order valence-electron chi connectivity index (χ0n) is 23.3. The Hall–Kier alpha value is -4.07. The summed E-state index contributed by atoms with van der Waals surface area (Å²) in [7, 11) is 3.35. The standard InChI is InChI=1S/C31H33NO7/c1-16(2)14-23(34)38-30-29(37-17(3)33)26-22(39-31(30,4)5)15-21(36-7)25-27(26)32(6)20-13-12-18-10-8-9-11-19(18)24(20)28(25)35/h8-13,15-16,29-30H,14H2,1-7H3/t29-,30-/m1/s1. The van der Waals surface area contributed by atoms with Crippen LogP contribution in [0.5, 0.6) is 11.5 Å². The first kappa shape index (κ1) is 26.5. The molecule has 204 valence electrons. The molecule has 0 saturated heterocycles. The van der Waals surface area contributed by atoms with Crippen LogP contribution in [-0.4, -0.2) is 35.3 Å². The summed E-state index contributed by atoms with van der Waals surface area (Å²) in [6, 6.07) is 13.2. The van der Waals surface area contributed by atoms with Gasteiger partial charge in [0, 0.05) is 26.5 Å². The van der Waals surface area contributed by atoms with Crippen molar-refractivity contribution in [1.82, 2.24) is 4.57 Å². The zero-order valence-corrected chi connectivity index (χ0v) is 23.3. The van der Waals surface area contributed by atoms with Gasteiger partial charge in [0.2, 0.25) is 5.43 Å². The molecule has 0 fully saturated rings. The second-order valence-electron chi connectivity index (χ2n) is 11.0. The monoisotopic (exact) mass is 531 g/mol. The van der Waals surface area contributed by atoms with Crippen molar-refractivity contribution in [2.75, 3.05) is 7.11 Å². The third kappa shape index (κ3) is 4.37. The molecule has 0 amide bonds.